The molecule has 0 saturated carbocycles. The number of nitrogens with zero attached hydrogens (tertiary/aromatic N) is 3. The van der Waals surface area contributed by atoms with Gasteiger partial charge in [-0.1, -0.05) is 23.9 Å². The Labute approximate surface area is 156 Å². The Kier molecular flexibility index (Phi) is 5.41. The zero-order chi connectivity index (χ0) is 18.6. The van der Waals surface area contributed by atoms with Crippen LogP contribution in [0.2, 0.25) is 0 Å². The molecule has 1 aromatic heterocycles. The van der Waals surface area contributed by atoms with Crippen LogP contribution in [0.4, 0.5) is 5.69 Å². The van der Waals surface area contributed by atoms with Gasteiger partial charge in [-0.25, -0.2) is 9.97 Å². The van der Waals surface area contributed by atoms with Crippen LogP contribution in [0.1, 0.15) is 36.3 Å². The van der Waals surface area contributed by atoms with E-state index in [1.165, 1.54) is 12.4 Å². The summed E-state index contributed by atoms with van der Waals surface area (Å²) in [6.45, 7) is 4.41. The molecule has 1 aromatic carbocycles. The van der Waals surface area contributed by atoms with Crippen molar-refractivity contribution >= 4 is 28.5 Å². The highest BCUT2D eigenvalue weighted by Crippen LogP contribution is 2.35. The normalized spacial score (nSPS) is 19.5. The SMILES string of the molecule is CCOc1cnc(C(=O)Nc2cccc(C3(C)CCSC(N)=N3)c2)cn1. The van der Waals surface area contributed by atoms with Gasteiger partial charge in [-0.05, 0) is 38.0 Å². The molecule has 8 heteroatoms. The van der Waals surface area contributed by atoms with Crippen molar-refractivity contribution in [3.63, 3.8) is 0 Å². The highest BCUT2D eigenvalue weighted by molar-refractivity contribution is 8.13. The van der Waals surface area contributed by atoms with Gasteiger partial charge in [0.1, 0.15) is 5.69 Å². The smallest absolute Gasteiger partial charge is 0.275 e. The number of anilines is 1. The molecule has 0 saturated heterocycles. The van der Waals surface area contributed by atoms with E-state index in [1.54, 1.807) is 11.8 Å². The van der Waals surface area contributed by atoms with Gasteiger partial charge in [0.25, 0.3) is 5.91 Å². The number of carbonyl (C=O) groups excluding carboxylic acids is 1. The van der Waals surface area contributed by atoms with Gasteiger partial charge in [-0.3, -0.25) is 9.79 Å². The predicted molar refractivity (Wildman–Crippen MR) is 104 cm³/mol. The molecule has 1 amide bonds. The van der Waals surface area contributed by atoms with Crippen molar-refractivity contribution in [2.75, 3.05) is 17.7 Å². The molecule has 0 aliphatic carbocycles. The van der Waals surface area contributed by atoms with Crippen LogP contribution < -0.4 is 15.8 Å². The van der Waals surface area contributed by atoms with Crippen LogP contribution in [0.3, 0.4) is 0 Å². The highest BCUT2D eigenvalue weighted by Gasteiger charge is 2.29. The first-order chi connectivity index (χ1) is 12.5. The Balaban J connectivity index is 1.76. The second-order valence-electron chi connectivity index (χ2n) is 6.03. The van der Waals surface area contributed by atoms with Gasteiger partial charge in [0.2, 0.25) is 5.88 Å². The summed E-state index contributed by atoms with van der Waals surface area (Å²) in [7, 11) is 0. The van der Waals surface area contributed by atoms with Crippen molar-refractivity contribution in [1.82, 2.24) is 9.97 Å². The first kappa shape index (κ1) is 18.2. The summed E-state index contributed by atoms with van der Waals surface area (Å²) in [6.07, 6.45) is 3.72. The van der Waals surface area contributed by atoms with Crippen LogP contribution in [0.25, 0.3) is 0 Å². The minimum absolute atomic E-state index is 0.224. The van der Waals surface area contributed by atoms with Crippen molar-refractivity contribution in [3.05, 3.63) is 47.9 Å². The molecule has 0 fully saturated rings. The average molecular weight is 371 g/mol. The molecule has 1 aliphatic heterocycles. The van der Waals surface area contributed by atoms with Crippen LogP contribution in [-0.2, 0) is 5.54 Å². The van der Waals surface area contributed by atoms with Gasteiger partial charge in [0.05, 0.1) is 24.5 Å². The maximum Gasteiger partial charge on any atom is 0.275 e. The molecule has 2 heterocycles. The minimum Gasteiger partial charge on any atom is -0.477 e. The number of carbonyl (C=O) groups is 1. The zero-order valence-corrected chi connectivity index (χ0v) is 15.5. The number of nitrogens with two attached hydrogens (primary N) is 1. The van der Waals surface area contributed by atoms with Crippen LogP contribution in [0, 0.1) is 0 Å². The Bertz CT molecular complexity index is 825. The minimum atomic E-state index is -0.380. The van der Waals surface area contributed by atoms with Crippen molar-refractivity contribution < 1.29 is 9.53 Å². The number of ether oxygens (including phenoxy) is 1. The van der Waals surface area contributed by atoms with E-state index in [2.05, 4.69) is 27.2 Å². The fourth-order valence-electron chi connectivity index (χ4n) is 2.68. The molecule has 0 radical (unpaired) electrons. The fraction of sp³-hybridized carbons (Fsp3) is 0.333. The van der Waals surface area contributed by atoms with Gasteiger partial charge >= 0.3 is 0 Å². The van der Waals surface area contributed by atoms with Crippen LogP contribution >= 0.6 is 11.8 Å². The van der Waals surface area contributed by atoms with Crippen molar-refractivity contribution in [1.29, 1.82) is 0 Å². The number of amides is 1. The van der Waals surface area contributed by atoms with Gasteiger partial charge in [0.15, 0.2) is 5.17 Å². The number of hydrogen-bond acceptors (Lipinski definition) is 7. The van der Waals surface area contributed by atoms with Crippen molar-refractivity contribution in [2.45, 2.75) is 25.8 Å². The molecular formula is C18H21N5O2S. The number of amidine groups is 1. The van der Waals surface area contributed by atoms with E-state index < -0.39 is 0 Å². The number of thioether (sulfide) groups is 1. The van der Waals surface area contributed by atoms with Crippen LogP contribution in [0.15, 0.2) is 41.7 Å². The molecule has 26 heavy (non-hydrogen) atoms. The molecule has 3 rings (SSSR count). The first-order valence-electron chi connectivity index (χ1n) is 8.35. The Morgan fingerprint density at radius 3 is 2.92 bits per heavy atom. The van der Waals surface area contributed by atoms with E-state index in [-0.39, 0.29) is 17.1 Å². The standard InChI is InChI=1S/C18H21N5O2S/c1-3-25-15-11-20-14(10-21-15)16(24)22-13-6-4-5-12(9-13)18(2)7-8-26-17(19)23-18/h4-6,9-11H,3,7-8H2,1-2H3,(H2,19,23)(H,22,24). The zero-order valence-electron chi connectivity index (χ0n) is 14.7. The van der Waals surface area contributed by atoms with E-state index in [4.69, 9.17) is 10.5 Å². The molecule has 0 spiro atoms. The number of aromatic nitrogens is 2. The Morgan fingerprint density at radius 2 is 2.23 bits per heavy atom. The lowest BCUT2D eigenvalue weighted by Gasteiger charge is -2.30. The largest absolute Gasteiger partial charge is 0.477 e. The number of hydrogen-bond donors (Lipinski definition) is 2. The second-order valence-corrected chi connectivity index (χ2v) is 7.15. The molecule has 7 nitrogen and oxygen atoms in total. The van der Waals surface area contributed by atoms with E-state index >= 15 is 0 Å². The third-order valence-corrected chi connectivity index (χ3v) is 4.89. The predicted octanol–water partition coefficient (Wildman–Crippen LogP) is 2.79. The summed E-state index contributed by atoms with van der Waals surface area (Å²) in [5, 5.41) is 3.45. The Hall–Kier alpha value is -2.61. The molecule has 136 valence electrons. The number of benzene rings is 1. The average Bonchev–Trinajstić information content (AvgIpc) is 2.63. The lowest BCUT2D eigenvalue weighted by molar-refractivity contribution is 0.102. The molecule has 2 aromatic rings. The van der Waals surface area contributed by atoms with Crippen LogP contribution in [0.5, 0.6) is 5.88 Å². The highest BCUT2D eigenvalue weighted by atomic mass is 32.2. The maximum absolute atomic E-state index is 12.4. The number of aliphatic imine (C=N–C) groups is 1. The number of nitrogens with one attached hydrogen (secondary N) is 1. The van der Waals surface area contributed by atoms with E-state index in [0.717, 1.165) is 17.7 Å². The topological polar surface area (TPSA) is 102 Å². The van der Waals surface area contributed by atoms with Crippen molar-refractivity contribution in [3.8, 4) is 5.88 Å². The molecular weight excluding hydrogens is 350 g/mol. The molecule has 3 N–H and O–H groups in total. The molecule has 1 aliphatic rings. The second kappa shape index (κ2) is 7.74. The van der Waals surface area contributed by atoms with Crippen LogP contribution in [-0.4, -0.2) is 33.4 Å². The van der Waals surface area contributed by atoms with E-state index in [1.807, 2.05) is 31.2 Å². The molecule has 0 bridgehead atoms. The first-order valence-corrected chi connectivity index (χ1v) is 9.33. The molecule has 1 unspecified atom stereocenters. The summed E-state index contributed by atoms with van der Waals surface area (Å²) in [5.41, 5.74) is 7.43. The van der Waals surface area contributed by atoms with E-state index in [9.17, 15) is 4.79 Å². The summed E-state index contributed by atoms with van der Waals surface area (Å²) < 4.78 is 5.23. The summed E-state index contributed by atoms with van der Waals surface area (Å²) in [6, 6.07) is 7.65. The fourth-order valence-corrected chi connectivity index (χ4v) is 3.65. The van der Waals surface area contributed by atoms with Gasteiger partial charge in [0, 0.05) is 11.4 Å². The summed E-state index contributed by atoms with van der Waals surface area (Å²) in [5.74, 6) is 0.985. The van der Waals surface area contributed by atoms with Gasteiger partial charge in [-0.2, -0.15) is 0 Å². The number of rotatable bonds is 5. The lowest BCUT2D eigenvalue weighted by Crippen LogP contribution is -2.28. The van der Waals surface area contributed by atoms with Gasteiger partial charge in [-0.15, -0.1) is 0 Å². The van der Waals surface area contributed by atoms with E-state index in [0.29, 0.717) is 23.3 Å². The summed E-state index contributed by atoms with van der Waals surface area (Å²) in [4.78, 5) is 25.1. The monoisotopic (exact) mass is 371 g/mol. The van der Waals surface area contributed by atoms with Gasteiger partial charge < -0.3 is 15.8 Å². The molecule has 1 atom stereocenters. The lowest BCUT2D eigenvalue weighted by atomic mass is 9.89. The Morgan fingerprint density at radius 1 is 1.38 bits per heavy atom. The quantitative estimate of drug-likeness (QED) is 0.838. The maximum atomic E-state index is 12.4. The summed E-state index contributed by atoms with van der Waals surface area (Å²) >= 11 is 1.56. The third kappa shape index (κ3) is 4.13. The van der Waals surface area contributed by atoms with Crippen molar-refractivity contribution in [2.24, 2.45) is 10.7 Å². The third-order valence-electron chi connectivity index (χ3n) is 4.09.